The van der Waals surface area contributed by atoms with Crippen LogP contribution < -0.4 is 4.90 Å². The number of methoxy groups -OCH3 is 1. The summed E-state index contributed by atoms with van der Waals surface area (Å²) < 4.78 is 57.2. The Balaban J connectivity index is 2.21. The summed E-state index contributed by atoms with van der Waals surface area (Å²) in [6.45, 7) is -1.36. The third-order valence-corrected chi connectivity index (χ3v) is 4.66. The van der Waals surface area contributed by atoms with Crippen LogP contribution in [0.5, 0.6) is 0 Å². The first-order chi connectivity index (χ1) is 12.8. The number of esters is 1. The van der Waals surface area contributed by atoms with Gasteiger partial charge in [-0.15, -0.1) is 0 Å². The molecule has 0 saturated heterocycles. The van der Waals surface area contributed by atoms with E-state index >= 15 is 0 Å². The number of alkyl halides is 3. The lowest BCUT2D eigenvalue weighted by molar-refractivity contribution is -0.143. The van der Waals surface area contributed by atoms with Gasteiger partial charge in [-0.2, -0.15) is 24.9 Å². The molecule has 1 aromatic carbocycles. The second kappa shape index (κ2) is 9.59. The van der Waals surface area contributed by atoms with Gasteiger partial charge in [-0.05, 0) is 36.4 Å². The summed E-state index contributed by atoms with van der Waals surface area (Å²) in [6.07, 6.45) is -2.94. The van der Waals surface area contributed by atoms with E-state index in [1.807, 2.05) is 0 Å². The quantitative estimate of drug-likeness (QED) is 0.492. The van der Waals surface area contributed by atoms with E-state index in [1.54, 1.807) is 24.4 Å². The van der Waals surface area contributed by atoms with Gasteiger partial charge < -0.3 is 9.64 Å². The number of carbonyl (C=O) groups excluding carboxylic acids is 1. The highest BCUT2D eigenvalue weighted by Gasteiger charge is 2.37. The molecular formula is C18H18F4N2O2S. The Kier molecular flexibility index (Phi) is 7.46. The highest BCUT2D eigenvalue weighted by Crippen LogP contribution is 2.27. The molecule has 1 atom stereocenters. The standard InChI is InChI=1S/C18H18F4N2O2S/c1-26-17(25)16(11-27-10-14-4-2-3-9-23-14)24(12-18(20,21)22)15-7-5-13(19)6-8-15/h2-9,16H,10-12H2,1H3/t16-/m0/s1. The predicted molar refractivity (Wildman–Crippen MR) is 96.0 cm³/mol. The molecule has 0 aliphatic heterocycles. The lowest BCUT2D eigenvalue weighted by Crippen LogP contribution is -2.48. The van der Waals surface area contributed by atoms with Crippen molar-refractivity contribution in [1.82, 2.24) is 4.98 Å². The number of carbonyl (C=O) groups is 1. The first-order valence-electron chi connectivity index (χ1n) is 7.94. The van der Waals surface area contributed by atoms with E-state index < -0.39 is 30.5 Å². The van der Waals surface area contributed by atoms with Gasteiger partial charge in [0.15, 0.2) is 0 Å². The Labute approximate surface area is 158 Å². The fourth-order valence-corrected chi connectivity index (χ4v) is 3.42. The van der Waals surface area contributed by atoms with Crippen LogP contribution in [0.1, 0.15) is 5.69 Å². The summed E-state index contributed by atoms with van der Waals surface area (Å²) in [7, 11) is 1.12. The lowest BCUT2D eigenvalue weighted by Gasteiger charge is -2.32. The summed E-state index contributed by atoms with van der Waals surface area (Å²) in [6, 6.07) is 8.67. The van der Waals surface area contributed by atoms with Crippen molar-refractivity contribution in [2.45, 2.75) is 18.0 Å². The maximum atomic E-state index is 13.2. The zero-order chi connectivity index (χ0) is 19.9. The summed E-state index contributed by atoms with van der Waals surface area (Å²) >= 11 is 1.26. The number of anilines is 1. The van der Waals surface area contributed by atoms with Gasteiger partial charge in [0, 0.05) is 23.4 Å². The number of hydrogen-bond acceptors (Lipinski definition) is 5. The van der Waals surface area contributed by atoms with E-state index in [1.165, 1.54) is 23.9 Å². The molecule has 0 radical (unpaired) electrons. The van der Waals surface area contributed by atoms with Gasteiger partial charge in [0.05, 0.1) is 12.8 Å². The molecule has 0 N–H and O–H groups in total. The zero-order valence-electron chi connectivity index (χ0n) is 14.4. The van der Waals surface area contributed by atoms with Gasteiger partial charge in [-0.3, -0.25) is 4.98 Å². The Morgan fingerprint density at radius 2 is 1.93 bits per heavy atom. The largest absolute Gasteiger partial charge is 0.467 e. The molecule has 0 amide bonds. The van der Waals surface area contributed by atoms with Crippen molar-refractivity contribution in [1.29, 1.82) is 0 Å². The van der Waals surface area contributed by atoms with Crippen LogP contribution >= 0.6 is 11.8 Å². The van der Waals surface area contributed by atoms with E-state index in [0.29, 0.717) is 5.75 Å². The van der Waals surface area contributed by atoms with E-state index in [9.17, 15) is 22.4 Å². The van der Waals surface area contributed by atoms with Gasteiger partial charge in [-0.25, -0.2) is 9.18 Å². The number of pyridine rings is 1. The first-order valence-corrected chi connectivity index (χ1v) is 9.10. The average Bonchev–Trinajstić information content (AvgIpc) is 2.64. The molecule has 146 valence electrons. The molecule has 0 spiro atoms. The Hall–Kier alpha value is -2.29. The average molecular weight is 402 g/mol. The molecule has 4 nitrogen and oxygen atoms in total. The van der Waals surface area contributed by atoms with Gasteiger partial charge >= 0.3 is 12.1 Å². The number of thioether (sulfide) groups is 1. The molecule has 2 rings (SSSR count). The monoisotopic (exact) mass is 402 g/mol. The van der Waals surface area contributed by atoms with Crippen molar-refractivity contribution in [2.24, 2.45) is 0 Å². The summed E-state index contributed by atoms with van der Waals surface area (Å²) in [5, 5.41) is 0. The second-order valence-electron chi connectivity index (χ2n) is 5.59. The van der Waals surface area contributed by atoms with Crippen LogP contribution in [0.3, 0.4) is 0 Å². The van der Waals surface area contributed by atoms with Gasteiger partial charge in [-0.1, -0.05) is 6.07 Å². The highest BCUT2D eigenvalue weighted by molar-refractivity contribution is 7.98. The molecule has 0 bridgehead atoms. The van der Waals surface area contributed by atoms with Crippen LogP contribution in [-0.4, -0.2) is 42.6 Å². The van der Waals surface area contributed by atoms with Gasteiger partial charge in [0.1, 0.15) is 18.4 Å². The third-order valence-electron chi connectivity index (χ3n) is 3.61. The van der Waals surface area contributed by atoms with Crippen LogP contribution in [-0.2, 0) is 15.3 Å². The van der Waals surface area contributed by atoms with Crippen LogP contribution in [0, 0.1) is 5.82 Å². The normalized spacial score (nSPS) is 12.5. The van der Waals surface area contributed by atoms with Crippen LogP contribution in [0.25, 0.3) is 0 Å². The number of hydrogen-bond donors (Lipinski definition) is 0. The molecule has 9 heteroatoms. The Bertz CT molecular complexity index is 726. The van der Waals surface area contributed by atoms with Crippen molar-refractivity contribution in [3.05, 3.63) is 60.2 Å². The molecular weight excluding hydrogens is 384 g/mol. The minimum Gasteiger partial charge on any atom is -0.467 e. The molecule has 27 heavy (non-hydrogen) atoms. The molecule has 0 aliphatic rings. The summed E-state index contributed by atoms with van der Waals surface area (Å²) in [4.78, 5) is 17.2. The lowest BCUT2D eigenvalue weighted by atomic mass is 10.2. The van der Waals surface area contributed by atoms with E-state index in [-0.39, 0.29) is 11.4 Å². The number of halogens is 4. The molecule has 2 aromatic rings. The van der Waals surface area contributed by atoms with Crippen LogP contribution in [0.2, 0.25) is 0 Å². The SMILES string of the molecule is COC(=O)[C@H](CSCc1ccccn1)N(CC(F)(F)F)c1ccc(F)cc1. The van der Waals surface area contributed by atoms with Crippen LogP contribution in [0.4, 0.5) is 23.2 Å². The van der Waals surface area contributed by atoms with Gasteiger partial charge in [0.25, 0.3) is 0 Å². The minimum atomic E-state index is -4.55. The highest BCUT2D eigenvalue weighted by atomic mass is 32.2. The van der Waals surface area contributed by atoms with Crippen molar-refractivity contribution >= 4 is 23.4 Å². The van der Waals surface area contributed by atoms with Crippen LogP contribution in [0.15, 0.2) is 48.7 Å². The second-order valence-corrected chi connectivity index (χ2v) is 6.62. The molecule has 0 fully saturated rings. The molecule has 0 aliphatic carbocycles. The molecule has 0 unspecified atom stereocenters. The van der Waals surface area contributed by atoms with Crippen molar-refractivity contribution < 1.29 is 27.1 Å². The van der Waals surface area contributed by atoms with E-state index in [2.05, 4.69) is 4.98 Å². The van der Waals surface area contributed by atoms with Crippen molar-refractivity contribution in [3.63, 3.8) is 0 Å². The maximum Gasteiger partial charge on any atom is 0.405 e. The fourth-order valence-electron chi connectivity index (χ4n) is 2.39. The summed E-state index contributed by atoms with van der Waals surface area (Å²) in [5.41, 5.74) is 0.831. The third kappa shape index (κ3) is 6.74. The fraction of sp³-hybridized carbons (Fsp3) is 0.333. The Morgan fingerprint density at radius 1 is 1.22 bits per heavy atom. The predicted octanol–water partition coefficient (Wildman–Crippen LogP) is 4.06. The Morgan fingerprint density at radius 3 is 2.48 bits per heavy atom. The van der Waals surface area contributed by atoms with E-state index in [4.69, 9.17) is 4.74 Å². The number of benzene rings is 1. The number of nitrogens with zero attached hydrogens (tertiary/aromatic N) is 2. The van der Waals surface area contributed by atoms with Crippen molar-refractivity contribution in [2.75, 3.05) is 24.3 Å². The van der Waals surface area contributed by atoms with Crippen molar-refractivity contribution in [3.8, 4) is 0 Å². The smallest absolute Gasteiger partial charge is 0.405 e. The maximum absolute atomic E-state index is 13.2. The number of ether oxygens (including phenoxy) is 1. The summed E-state index contributed by atoms with van der Waals surface area (Å²) in [5.74, 6) is -0.893. The topological polar surface area (TPSA) is 42.4 Å². The van der Waals surface area contributed by atoms with Gasteiger partial charge in [0.2, 0.25) is 0 Å². The molecule has 1 heterocycles. The molecule has 1 aromatic heterocycles. The number of rotatable bonds is 8. The first kappa shape index (κ1) is 21.0. The zero-order valence-corrected chi connectivity index (χ0v) is 15.3. The molecule has 0 saturated carbocycles. The van der Waals surface area contributed by atoms with E-state index in [0.717, 1.165) is 29.8 Å². The minimum absolute atomic E-state index is 0.0523. The number of aromatic nitrogens is 1.